The number of amides is 1. The highest BCUT2D eigenvalue weighted by Gasteiger charge is 2.34. The summed E-state index contributed by atoms with van der Waals surface area (Å²) in [5.41, 5.74) is 2.29. The second-order valence-corrected chi connectivity index (χ2v) is 7.91. The molecule has 5 heteroatoms. The van der Waals surface area contributed by atoms with Crippen LogP contribution in [0.5, 0.6) is 17.2 Å². The third kappa shape index (κ3) is 5.43. The third-order valence-corrected chi connectivity index (χ3v) is 5.39. The summed E-state index contributed by atoms with van der Waals surface area (Å²) in [5, 5.41) is 3.24. The minimum atomic E-state index is 0.0573. The molecule has 29 heavy (non-hydrogen) atoms. The summed E-state index contributed by atoms with van der Waals surface area (Å²) in [4.78, 5) is 12.5. The lowest BCUT2D eigenvalue weighted by Crippen LogP contribution is -2.30. The zero-order valence-electron chi connectivity index (χ0n) is 17.0. The van der Waals surface area contributed by atoms with E-state index >= 15 is 0 Å². The van der Waals surface area contributed by atoms with Crippen LogP contribution in [0.3, 0.4) is 0 Å². The molecule has 1 aliphatic heterocycles. The van der Waals surface area contributed by atoms with Crippen molar-refractivity contribution in [3.63, 3.8) is 0 Å². The maximum Gasteiger partial charge on any atom is 0.220 e. The Morgan fingerprint density at radius 2 is 1.93 bits per heavy atom. The molecule has 154 valence electrons. The first-order valence-corrected chi connectivity index (χ1v) is 10.6. The molecule has 2 aromatic rings. The van der Waals surface area contributed by atoms with Crippen LogP contribution in [0.4, 0.5) is 0 Å². The number of hydrogen-bond acceptors (Lipinski definition) is 4. The highest BCUT2D eigenvalue weighted by atomic mass is 16.6. The van der Waals surface area contributed by atoms with E-state index in [1.807, 2.05) is 36.4 Å². The summed E-state index contributed by atoms with van der Waals surface area (Å²) in [5.74, 6) is 3.08. The first-order chi connectivity index (χ1) is 14.2. The van der Waals surface area contributed by atoms with Crippen molar-refractivity contribution in [1.29, 1.82) is 0 Å². The number of nitrogens with one attached hydrogen (secondary N) is 1. The third-order valence-electron chi connectivity index (χ3n) is 5.39. The van der Waals surface area contributed by atoms with Crippen LogP contribution in [0.2, 0.25) is 0 Å². The molecule has 1 heterocycles. The van der Waals surface area contributed by atoms with E-state index in [0.717, 1.165) is 48.5 Å². The van der Waals surface area contributed by atoms with Crippen molar-refractivity contribution in [3.05, 3.63) is 53.6 Å². The first kappa shape index (κ1) is 19.6. The molecule has 1 atom stereocenters. The van der Waals surface area contributed by atoms with Crippen LogP contribution in [0.15, 0.2) is 42.5 Å². The molecule has 0 spiro atoms. The summed E-state index contributed by atoms with van der Waals surface area (Å²) in [6.45, 7) is 3.84. The first-order valence-electron chi connectivity index (χ1n) is 10.6. The number of benzene rings is 2. The number of carbonyl (C=O) groups excluding carboxylic acids is 1. The van der Waals surface area contributed by atoms with Gasteiger partial charge in [-0.15, -0.1) is 0 Å². The minimum Gasteiger partial charge on any atom is -0.494 e. The van der Waals surface area contributed by atoms with Crippen molar-refractivity contribution >= 4 is 5.91 Å². The SMILES string of the molecule is Cc1cccc(OCCCCC(=O)NC(c2ccc3c(c2)OCCO3)C2CC2)c1. The molecule has 0 saturated heterocycles. The minimum absolute atomic E-state index is 0.0573. The largest absolute Gasteiger partial charge is 0.494 e. The summed E-state index contributed by atoms with van der Waals surface area (Å²) in [7, 11) is 0. The Morgan fingerprint density at radius 1 is 1.10 bits per heavy atom. The molecule has 4 rings (SSSR count). The van der Waals surface area contributed by atoms with Gasteiger partial charge in [-0.25, -0.2) is 0 Å². The number of fused-ring (bicyclic) bond motifs is 1. The van der Waals surface area contributed by atoms with Gasteiger partial charge in [0.05, 0.1) is 12.6 Å². The van der Waals surface area contributed by atoms with E-state index in [1.165, 1.54) is 5.56 Å². The van der Waals surface area contributed by atoms with Gasteiger partial charge in [-0.1, -0.05) is 18.2 Å². The standard InChI is InChI=1S/C24H29NO4/c1-17-5-4-6-20(15-17)27-12-3-2-7-23(26)25-24(18-8-9-18)19-10-11-21-22(16-19)29-14-13-28-21/h4-6,10-11,15-16,18,24H,2-3,7-9,12-14H2,1H3,(H,25,26). The van der Waals surface area contributed by atoms with Crippen molar-refractivity contribution in [2.45, 2.75) is 45.1 Å². The smallest absolute Gasteiger partial charge is 0.220 e. The van der Waals surface area contributed by atoms with E-state index < -0.39 is 0 Å². The van der Waals surface area contributed by atoms with Crippen molar-refractivity contribution < 1.29 is 19.0 Å². The van der Waals surface area contributed by atoms with E-state index in [-0.39, 0.29) is 11.9 Å². The van der Waals surface area contributed by atoms with Crippen LogP contribution in [0, 0.1) is 12.8 Å². The van der Waals surface area contributed by atoms with Gasteiger partial charge in [-0.05, 0) is 73.9 Å². The maximum absolute atomic E-state index is 12.5. The van der Waals surface area contributed by atoms with Crippen LogP contribution >= 0.6 is 0 Å². The molecular formula is C24H29NO4. The molecule has 1 amide bonds. The lowest BCUT2D eigenvalue weighted by atomic mass is 10.0. The second-order valence-electron chi connectivity index (χ2n) is 7.91. The molecule has 5 nitrogen and oxygen atoms in total. The summed E-state index contributed by atoms with van der Waals surface area (Å²) >= 11 is 0. The Labute approximate surface area is 172 Å². The Hall–Kier alpha value is -2.69. The molecule has 0 aromatic heterocycles. The number of aryl methyl sites for hydroxylation is 1. The van der Waals surface area contributed by atoms with Crippen LogP contribution in [-0.4, -0.2) is 25.7 Å². The number of carbonyl (C=O) groups is 1. The number of ether oxygens (including phenoxy) is 3. The second kappa shape index (κ2) is 9.21. The quantitative estimate of drug-likeness (QED) is 0.631. The molecule has 0 radical (unpaired) electrons. The lowest BCUT2D eigenvalue weighted by molar-refractivity contribution is -0.122. The lowest BCUT2D eigenvalue weighted by Gasteiger charge is -2.23. The normalized spacial score (nSPS) is 16.2. The van der Waals surface area contributed by atoms with E-state index in [1.54, 1.807) is 0 Å². The van der Waals surface area contributed by atoms with Gasteiger partial charge in [0.2, 0.25) is 5.91 Å². The Bertz CT molecular complexity index is 847. The molecule has 1 N–H and O–H groups in total. The zero-order valence-corrected chi connectivity index (χ0v) is 17.0. The molecule has 0 bridgehead atoms. The fraction of sp³-hybridized carbons (Fsp3) is 0.458. The predicted molar refractivity (Wildman–Crippen MR) is 112 cm³/mol. The molecule has 1 fully saturated rings. The zero-order chi connectivity index (χ0) is 20.1. The van der Waals surface area contributed by atoms with Crippen molar-refractivity contribution in [2.24, 2.45) is 5.92 Å². The number of unbranched alkanes of at least 4 members (excludes halogenated alkanes) is 1. The molecule has 1 aliphatic carbocycles. The highest BCUT2D eigenvalue weighted by Crippen LogP contribution is 2.43. The van der Waals surface area contributed by atoms with Gasteiger partial charge in [-0.3, -0.25) is 4.79 Å². The van der Waals surface area contributed by atoms with Gasteiger partial charge < -0.3 is 19.5 Å². The van der Waals surface area contributed by atoms with E-state index in [9.17, 15) is 4.79 Å². The van der Waals surface area contributed by atoms with Crippen LogP contribution in [0.1, 0.15) is 49.3 Å². The fourth-order valence-electron chi connectivity index (χ4n) is 3.68. The van der Waals surface area contributed by atoms with Gasteiger partial charge in [0.1, 0.15) is 19.0 Å². The molecule has 2 aliphatic rings. The molecule has 1 unspecified atom stereocenters. The van der Waals surface area contributed by atoms with Gasteiger partial charge in [-0.2, -0.15) is 0 Å². The van der Waals surface area contributed by atoms with Crippen LogP contribution in [0.25, 0.3) is 0 Å². The van der Waals surface area contributed by atoms with Crippen molar-refractivity contribution in [1.82, 2.24) is 5.32 Å². The van der Waals surface area contributed by atoms with Gasteiger partial charge in [0.25, 0.3) is 0 Å². The van der Waals surface area contributed by atoms with Gasteiger partial charge in [0.15, 0.2) is 11.5 Å². The summed E-state index contributed by atoms with van der Waals surface area (Å²) in [6, 6.07) is 14.1. The Kier molecular flexibility index (Phi) is 6.23. The fourth-order valence-corrected chi connectivity index (χ4v) is 3.68. The van der Waals surface area contributed by atoms with E-state index in [0.29, 0.717) is 32.2 Å². The summed E-state index contributed by atoms with van der Waals surface area (Å²) < 4.78 is 17.1. The topological polar surface area (TPSA) is 56.8 Å². The van der Waals surface area contributed by atoms with Crippen molar-refractivity contribution in [2.75, 3.05) is 19.8 Å². The Morgan fingerprint density at radius 3 is 2.72 bits per heavy atom. The average molecular weight is 395 g/mol. The monoisotopic (exact) mass is 395 g/mol. The summed E-state index contributed by atoms with van der Waals surface area (Å²) in [6.07, 6.45) is 4.51. The highest BCUT2D eigenvalue weighted by molar-refractivity contribution is 5.76. The maximum atomic E-state index is 12.5. The van der Waals surface area contributed by atoms with E-state index in [2.05, 4.69) is 18.3 Å². The van der Waals surface area contributed by atoms with Crippen molar-refractivity contribution in [3.8, 4) is 17.2 Å². The van der Waals surface area contributed by atoms with Gasteiger partial charge >= 0.3 is 0 Å². The molecular weight excluding hydrogens is 366 g/mol. The number of rotatable bonds is 9. The van der Waals surface area contributed by atoms with Gasteiger partial charge in [0, 0.05) is 6.42 Å². The Balaban J connectivity index is 1.24. The molecule has 2 aromatic carbocycles. The predicted octanol–water partition coefficient (Wildman–Crippen LogP) is 4.58. The average Bonchev–Trinajstić information content (AvgIpc) is 3.57. The molecule has 1 saturated carbocycles. The number of hydrogen-bond donors (Lipinski definition) is 1. The van der Waals surface area contributed by atoms with Crippen LogP contribution in [-0.2, 0) is 4.79 Å². The van der Waals surface area contributed by atoms with E-state index in [4.69, 9.17) is 14.2 Å². The van der Waals surface area contributed by atoms with Crippen LogP contribution < -0.4 is 19.5 Å².